The van der Waals surface area contributed by atoms with Crippen LogP contribution in [-0.4, -0.2) is 22.1 Å². The van der Waals surface area contributed by atoms with E-state index in [0.29, 0.717) is 42.0 Å². The summed E-state index contributed by atoms with van der Waals surface area (Å²) in [6, 6.07) is 7.76. The van der Waals surface area contributed by atoms with Gasteiger partial charge in [-0.1, -0.05) is 73.1 Å². The smallest absolute Gasteiger partial charge is 0.328 e. The van der Waals surface area contributed by atoms with Crippen LogP contribution in [0.25, 0.3) is 0 Å². The molecule has 0 radical (unpaired) electrons. The first-order valence-corrected chi connectivity index (χ1v) is 14.1. The highest BCUT2D eigenvalue weighted by molar-refractivity contribution is 5.75. The van der Waals surface area contributed by atoms with Crippen LogP contribution in [0.2, 0.25) is 0 Å². The molecule has 8 heteroatoms. The molecule has 1 aromatic heterocycles. The minimum atomic E-state index is -0.403. The second-order valence-electron chi connectivity index (χ2n) is 8.42. The van der Waals surface area contributed by atoms with Gasteiger partial charge >= 0.3 is 5.69 Å². The molecule has 1 aliphatic rings. The zero-order valence-corrected chi connectivity index (χ0v) is 26.1. The Kier molecular flexibility index (Phi) is 20.9. The van der Waals surface area contributed by atoms with Crippen LogP contribution in [0.15, 0.2) is 56.3 Å². The number of benzene rings is 1. The number of rotatable bonds is 6. The number of hydrogen-bond acceptors (Lipinski definition) is 6. The third-order valence-electron chi connectivity index (χ3n) is 5.30. The molecule has 2 aromatic rings. The van der Waals surface area contributed by atoms with Gasteiger partial charge in [-0.2, -0.15) is 5.26 Å². The van der Waals surface area contributed by atoms with Crippen molar-refractivity contribution in [2.45, 2.75) is 101 Å². The first kappa shape index (κ1) is 38.2. The number of aldehydes is 1. The summed E-state index contributed by atoms with van der Waals surface area (Å²) in [6.07, 6.45) is 8.16. The predicted octanol–water partition coefficient (Wildman–Crippen LogP) is 6.51. The zero-order valence-electron chi connectivity index (χ0n) is 26.1. The average molecular weight is 552 g/mol. The molecule has 0 amide bonds. The highest BCUT2D eigenvalue weighted by Gasteiger charge is 2.15. The fourth-order valence-electron chi connectivity index (χ4n) is 3.81. The molecule has 0 unspecified atom stereocenters. The van der Waals surface area contributed by atoms with Crippen LogP contribution in [0.4, 0.5) is 0 Å². The molecule has 1 aliphatic heterocycles. The average Bonchev–Trinajstić information content (AvgIpc) is 3.16. The second-order valence-corrected chi connectivity index (χ2v) is 8.42. The second kappa shape index (κ2) is 21.9. The number of aryl methyl sites for hydroxylation is 2. The molecule has 0 atom stereocenters. The quantitative estimate of drug-likeness (QED) is 0.395. The third kappa shape index (κ3) is 13.2. The number of aromatic nitrogens is 2. The van der Waals surface area contributed by atoms with Gasteiger partial charge in [0.25, 0.3) is 5.56 Å². The van der Waals surface area contributed by atoms with Crippen molar-refractivity contribution in [2.75, 3.05) is 0 Å². The van der Waals surface area contributed by atoms with E-state index < -0.39 is 5.69 Å². The molecule has 8 nitrogen and oxygen atoms in total. The van der Waals surface area contributed by atoms with Gasteiger partial charge in [0.1, 0.15) is 12.1 Å². The van der Waals surface area contributed by atoms with E-state index in [-0.39, 0.29) is 11.5 Å². The van der Waals surface area contributed by atoms with E-state index in [0.717, 1.165) is 29.4 Å². The van der Waals surface area contributed by atoms with Gasteiger partial charge < -0.3 is 5.73 Å². The molecule has 220 valence electrons. The molecule has 0 saturated heterocycles. The van der Waals surface area contributed by atoms with Crippen molar-refractivity contribution in [2.24, 2.45) is 10.7 Å². The van der Waals surface area contributed by atoms with E-state index in [1.54, 1.807) is 23.8 Å². The molecular formula is C32H49N5O3. The lowest BCUT2D eigenvalue weighted by Gasteiger charge is -2.15. The number of aromatic amines is 1. The van der Waals surface area contributed by atoms with Crippen molar-refractivity contribution in [1.29, 1.82) is 5.26 Å². The fraction of sp³-hybridized carbons (Fsp3) is 0.469. The summed E-state index contributed by atoms with van der Waals surface area (Å²) < 4.78 is 1.57. The fourth-order valence-corrected chi connectivity index (χ4v) is 3.81. The first-order chi connectivity index (χ1) is 19.2. The van der Waals surface area contributed by atoms with Crippen LogP contribution in [-0.2, 0) is 13.0 Å². The Morgan fingerprint density at radius 3 is 2.27 bits per heavy atom. The van der Waals surface area contributed by atoms with Crippen LogP contribution in [0.1, 0.15) is 107 Å². The number of nitrogens with zero attached hydrogens (tertiary/aromatic N) is 3. The van der Waals surface area contributed by atoms with Gasteiger partial charge in [0.2, 0.25) is 0 Å². The highest BCUT2D eigenvalue weighted by Crippen LogP contribution is 2.15. The number of allylic oxidation sites excluding steroid dienone is 3. The number of nitriles is 1. The summed E-state index contributed by atoms with van der Waals surface area (Å²) in [5, 5.41) is 8.40. The predicted molar refractivity (Wildman–Crippen MR) is 168 cm³/mol. The van der Waals surface area contributed by atoms with Crippen molar-refractivity contribution in [3.8, 4) is 6.07 Å². The Labute approximate surface area is 240 Å². The van der Waals surface area contributed by atoms with E-state index in [2.05, 4.69) is 16.0 Å². The van der Waals surface area contributed by atoms with E-state index in [4.69, 9.17) is 11.0 Å². The normalized spacial score (nSPS) is 11.2. The van der Waals surface area contributed by atoms with Crippen LogP contribution < -0.4 is 17.0 Å². The number of aliphatic imine (C=N–C) groups is 1. The van der Waals surface area contributed by atoms with Crippen LogP contribution >= 0.6 is 0 Å². The molecule has 0 saturated carbocycles. The van der Waals surface area contributed by atoms with Gasteiger partial charge in [0.15, 0.2) is 0 Å². The topological polar surface area (TPSA) is 134 Å². The number of nitrogens with two attached hydrogens (primary N) is 1. The lowest BCUT2D eigenvalue weighted by atomic mass is 10.0. The molecule has 3 N–H and O–H groups in total. The lowest BCUT2D eigenvalue weighted by Crippen LogP contribution is -2.35. The SMILES string of the molecule is CC.CC.CC.Cc1c(C(C)C)c(=O)[nH]c(=O)n1CC1=CCC=NC(N)=C1.Cc1cc(C=O)cc(CCC#N)c1. The minimum absolute atomic E-state index is 0.0488. The summed E-state index contributed by atoms with van der Waals surface area (Å²) in [6.45, 7) is 20.0. The van der Waals surface area contributed by atoms with E-state index in [1.807, 2.05) is 86.6 Å². The first-order valence-electron chi connectivity index (χ1n) is 14.1. The minimum Gasteiger partial charge on any atom is -0.384 e. The van der Waals surface area contributed by atoms with E-state index in [9.17, 15) is 14.4 Å². The molecule has 3 rings (SSSR count). The summed E-state index contributed by atoms with van der Waals surface area (Å²) in [4.78, 5) is 40.9. The molecule has 40 heavy (non-hydrogen) atoms. The number of hydrogen-bond donors (Lipinski definition) is 2. The van der Waals surface area contributed by atoms with Crippen molar-refractivity contribution < 1.29 is 4.79 Å². The summed E-state index contributed by atoms with van der Waals surface area (Å²) in [5.41, 5.74) is 10.1. The highest BCUT2D eigenvalue weighted by atomic mass is 16.2. The van der Waals surface area contributed by atoms with Crippen LogP contribution in [0.3, 0.4) is 0 Å². The van der Waals surface area contributed by atoms with Crippen molar-refractivity contribution in [3.05, 3.63) is 90.5 Å². The number of carbonyl (C=O) groups is 1. The maximum absolute atomic E-state index is 12.1. The van der Waals surface area contributed by atoms with Gasteiger partial charge in [0.05, 0.1) is 12.6 Å². The summed E-state index contributed by atoms with van der Waals surface area (Å²) in [7, 11) is 0. The van der Waals surface area contributed by atoms with Gasteiger partial charge in [-0.3, -0.25) is 19.1 Å². The summed E-state index contributed by atoms with van der Waals surface area (Å²) in [5.74, 6) is 0.464. The molecule has 2 heterocycles. The van der Waals surface area contributed by atoms with Crippen LogP contribution in [0.5, 0.6) is 0 Å². The molecule has 0 spiro atoms. The zero-order chi connectivity index (χ0) is 31.3. The number of H-pyrrole nitrogens is 1. The maximum Gasteiger partial charge on any atom is 0.328 e. The van der Waals surface area contributed by atoms with Crippen molar-refractivity contribution in [3.63, 3.8) is 0 Å². The Morgan fingerprint density at radius 2 is 1.73 bits per heavy atom. The van der Waals surface area contributed by atoms with E-state index >= 15 is 0 Å². The molecular weight excluding hydrogens is 502 g/mol. The van der Waals surface area contributed by atoms with Gasteiger partial charge in [0, 0.05) is 35.9 Å². The van der Waals surface area contributed by atoms with Gasteiger partial charge in [-0.25, -0.2) is 9.79 Å². The Morgan fingerprint density at radius 1 is 1.10 bits per heavy atom. The third-order valence-corrected chi connectivity index (χ3v) is 5.30. The molecule has 0 bridgehead atoms. The standard InChI is InChI=1S/C15H20N4O2.C11H11NO.3C2H6/c1-9(2)13-10(3)19(15(21)18-14(13)20)8-11-5-4-6-17-12(16)7-11;1-9-5-10(3-2-4-12)7-11(6-9)8-13;3*1-2/h5-7,9H,4,8,16H2,1-3H3,(H,18,20,21);5-8H,2-3H2,1H3;3*1-2H3. The van der Waals surface area contributed by atoms with Crippen molar-refractivity contribution in [1.82, 2.24) is 9.55 Å². The molecule has 1 aromatic carbocycles. The van der Waals surface area contributed by atoms with E-state index in [1.165, 1.54) is 0 Å². The Hall–Kier alpha value is -3.99. The lowest BCUT2D eigenvalue weighted by molar-refractivity contribution is 0.112. The van der Waals surface area contributed by atoms with Crippen LogP contribution in [0, 0.1) is 25.2 Å². The number of nitrogens with one attached hydrogen (secondary N) is 1. The molecule has 0 fully saturated rings. The number of carbonyl (C=O) groups excluding carboxylic acids is 1. The maximum atomic E-state index is 12.1. The summed E-state index contributed by atoms with van der Waals surface area (Å²) >= 11 is 0. The Bertz CT molecular complexity index is 1290. The van der Waals surface area contributed by atoms with Gasteiger partial charge in [-0.15, -0.1) is 0 Å². The van der Waals surface area contributed by atoms with Gasteiger partial charge in [-0.05, 0) is 55.5 Å². The Balaban J connectivity index is 0. The monoisotopic (exact) mass is 551 g/mol. The largest absolute Gasteiger partial charge is 0.384 e. The van der Waals surface area contributed by atoms with Crippen molar-refractivity contribution >= 4 is 12.5 Å². The molecule has 0 aliphatic carbocycles.